The van der Waals surface area contributed by atoms with E-state index in [1.54, 1.807) is 18.2 Å². The van der Waals surface area contributed by atoms with Gasteiger partial charge in [-0.3, -0.25) is 4.57 Å². The first-order valence-corrected chi connectivity index (χ1v) is 13.2. The highest BCUT2D eigenvalue weighted by atomic mass is 15.1. The third-order valence-corrected chi connectivity index (χ3v) is 7.29. The molecule has 0 fully saturated rings. The van der Waals surface area contributed by atoms with Crippen molar-refractivity contribution in [3.63, 3.8) is 0 Å². The molecule has 0 spiro atoms. The van der Waals surface area contributed by atoms with Gasteiger partial charge in [0.15, 0.2) is 11.5 Å². The van der Waals surface area contributed by atoms with Crippen molar-refractivity contribution in [3.05, 3.63) is 144 Å². The van der Waals surface area contributed by atoms with E-state index in [2.05, 4.69) is 45.8 Å². The molecule has 41 heavy (non-hydrogen) atoms. The molecule has 0 saturated carbocycles. The molecule has 5 heteroatoms. The lowest BCUT2D eigenvalue weighted by atomic mass is 9.94. The van der Waals surface area contributed by atoms with Crippen LogP contribution in [0.4, 0.5) is 5.69 Å². The van der Waals surface area contributed by atoms with E-state index < -0.39 is 0 Å². The highest BCUT2D eigenvalue weighted by molar-refractivity contribution is 6.17. The minimum absolute atomic E-state index is 0.452. The van der Waals surface area contributed by atoms with Gasteiger partial charge in [-0.2, -0.15) is 5.26 Å². The maximum Gasteiger partial charge on any atom is 0.196 e. The second kappa shape index (κ2) is 9.93. The summed E-state index contributed by atoms with van der Waals surface area (Å²) in [4.78, 5) is 13.8. The molecule has 190 valence electrons. The van der Waals surface area contributed by atoms with E-state index in [4.69, 9.17) is 16.5 Å². The van der Waals surface area contributed by atoms with Crippen molar-refractivity contribution in [3.8, 4) is 45.7 Å². The summed E-state index contributed by atoms with van der Waals surface area (Å²) < 4.78 is 2.15. The fourth-order valence-corrected chi connectivity index (χ4v) is 5.51. The van der Waals surface area contributed by atoms with Gasteiger partial charge in [-0.1, -0.05) is 103 Å². The molecule has 0 bridgehead atoms. The predicted octanol–water partition coefficient (Wildman–Crippen LogP) is 9.00. The number of fused-ring (bicyclic) bond motifs is 3. The number of benzene rings is 5. The Morgan fingerprint density at radius 3 is 2.12 bits per heavy atom. The summed E-state index contributed by atoms with van der Waals surface area (Å²) in [6, 6.07) is 44.0. The zero-order chi connectivity index (χ0) is 27.8. The summed E-state index contributed by atoms with van der Waals surface area (Å²) in [6.45, 7) is 7.82. The number of nitrogens with zero attached hydrogens (tertiary/aromatic N) is 5. The lowest BCUT2D eigenvalue weighted by Gasteiger charge is -2.13. The molecule has 0 unspecified atom stereocenters. The van der Waals surface area contributed by atoms with E-state index in [0.717, 1.165) is 50.0 Å². The molecule has 5 aromatic carbocycles. The van der Waals surface area contributed by atoms with Crippen molar-refractivity contribution in [2.75, 3.05) is 0 Å². The van der Waals surface area contributed by atoms with Gasteiger partial charge in [-0.15, -0.1) is 0 Å². The monoisotopic (exact) mass is 523 g/mol. The van der Waals surface area contributed by atoms with Crippen molar-refractivity contribution in [1.82, 2.24) is 14.5 Å². The molecule has 2 heterocycles. The summed E-state index contributed by atoms with van der Waals surface area (Å²) in [6.07, 6.45) is 0. The van der Waals surface area contributed by atoms with Gasteiger partial charge in [0.1, 0.15) is 5.82 Å². The number of rotatable bonds is 4. The summed E-state index contributed by atoms with van der Waals surface area (Å²) in [5.41, 5.74) is 7.08. The van der Waals surface area contributed by atoms with Crippen molar-refractivity contribution in [2.45, 2.75) is 0 Å². The summed E-state index contributed by atoms with van der Waals surface area (Å²) in [5.74, 6) is 1.37. The van der Waals surface area contributed by atoms with Crippen LogP contribution in [0.2, 0.25) is 0 Å². The van der Waals surface area contributed by atoms with E-state index in [9.17, 15) is 5.26 Å². The fourth-order valence-electron chi connectivity index (χ4n) is 5.51. The predicted molar refractivity (Wildman–Crippen MR) is 164 cm³/mol. The second-order valence-corrected chi connectivity index (χ2v) is 9.64. The van der Waals surface area contributed by atoms with Crippen LogP contribution in [-0.2, 0) is 0 Å². The van der Waals surface area contributed by atoms with Crippen LogP contribution in [0.5, 0.6) is 0 Å². The number of nitriles is 1. The van der Waals surface area contributed by atoms with Gasteiger partial charge >= 0.3 is 0 Å². The topological polar surface area (TPSA) is 58.9 Å². The van der Waals surface area contributed by atoms with Crippen molar-refractivity contribution in [1.29, 1.82) is 5.26 Å². The SMILES string of the molecule is [C-]#[N+]c1cccc(C#N)c1-c1cccc2c1c1ccccc1n2-c1cc(-c2ccccc2)nc(-c2ccccc2)n1. The molecule has 0 atom stereocenters. The molecule has 0 aliphatic rings. The Labute approximate surface area is 237 Å². The maximum atomic E-state index is 9.97. The average Bonchev–Trinajstić information content (AvgIpc) is 3.39. The van der Waals surface area contributed by atoms with Gasteiger partial charge in [0.25, 0.3) is 0 Å². The maximum absolute atomic E-state index is 9.97. The molecular weight excluding hydrogens is 502 g/mol. The molecule has 0 amide bonds. The van der Waals surface area contributed by atoms with Crippen LogP contribution in [0.3, 0.4) is 0 Å². The lowest BCUT2D eigenvalue weighted by Crippen LogP contribution is -2.02. The number of hydrogen-bond donors (Lipinski definition) is 0. The van der Waals surface area contributed by atoms with Gasteiger partial charge in [0.05, 0.1) is 29.4 Å². The molecule has 5 nitrogen and oxygen atoms in total. The zero-order valence-electron chi connectivity index (χ0n) is 21.9. The van der Waals surface area contributed by atoms with Crippen LogP contribution in [0, 0.1) is 17.9 Å². The molecule has 0 aliphatic heterocycles. The highest BCUT2D eigenvalue weighted by Gasteiger charge is 2.21. The van der Waals surface area contributed by atoms with E-state index in [-0.39, 0.29) is 0 Å². The fraction of sp³-hybridized carbons (Fsp3) is 0. The number of hydrogen-bond acceptors (Lipinski definition) is 3. The van der Waals surface area contributed by atoms with Gasteiger partial charge < -0.3 is 0 Å². The Bertz CT molecular complexity index is 2070. The van der Waals surface area contributed by atoms with E-state index in [1.807, 2.05) is 78.9 Å². The summed E-state index contributed by atoms with van der Waals surface area (Å²) >= 11 is 0. The van der Waals surface area contributed by atoms with Crippen molar-refractivity contribution < 1.29 is 0 Å². The highest BCUT2D eigenvalue weighted by Crippen LogP contribution is 2.42. The van der Waals surface area contributed by atoms with Gasteiger partial charge in [-0.25, -0.2) is 14.8 Å². The van der Waals surface area contributed by atoms with Crippen LogP contribution in [0.15, 0.2) is 127 Å². The van der Waals surface area contributed by atoms with Gasteiger partial charge in [0, 0.05) is 39.1 Å². The van der Waals surface area contributed by atoms with Crippen molar-refractivity contribution >= 4 is 27.5 Å². The number of aromatic nitrogens is 3. The number of para-hydroxylation sites is 1. The standard InChI is InChI=1S/C36H21N5/c1-38-29-19-10-16-26(23-37)34(29)28-18-11-21-32-35(28)27-17-8-9-20-31(27)41(32)33-22-30(24-12-4-2-5-13-24)39-36(40-33)25-14-6-3-7-15-25/h2-22H. The molecular formula is C36H21N5. The van der Waals surface area contributed by atoms with Crippen LogP contribution >= 0.6 is 0 Å². The molecule has 0 aliphatic carbocycles. The average molecular weight is 524 g/mol. The molecule has 0 radical (unpaired) electrons. The van der Waals surface area contributed by atoms with E-state index >= 15 is 0 Å². The molecule has 7 aromatic rings. The quantitative estimate of drug-likeness (QED) is 0.216. The van der Waals surface area contributed by atoms with E-state index in [1.165, 1.54) is 0 Å². The van der Waals surface area contributed by atoms with Crippen LogP contribution in [-0.4, -0.2) is 14.5 Å². The van der Waals surface area contributed by atoms with Gasteiger partial charge in [0.2, 0.25) is 0 Å². The normalized spacial score (nSPS) is 10.9. The minimum Gasteiger partial charge on any atom is -0.294 e. The second-order valence-electron chi connectivity index (χ2n) is 9.64. The Morgan fingerprint density at radius 2 is 1.37 bits per heavy atom. The minimum atomic E-state index is 0.452. The van der Waals surface area contributed by atoms with Crippen molar-refractivity contribution in [2.24, 2.45) is 0 Å². The first kappa shape index (κ1) is 24.0. The Kier molecular flexibility index (Phi) is 5.82. The van der Waals surface area contributed by atoms with Crippen LogP contribution in [0.1, 0.15) is 5.56 Å². The third kappa shape index (κ3) is 4.01. The first-order valence-electron chi connectivity index (χ1n) is 13.2. The van der Waals surface area contributed by atoms with Crippen LogP contribution < -0.4 is 0 Å². The smallest absolute Gasteiger partial charge is 0.196 e. The van der Waals surface area contributed by atoms with Crippen LogP contribution in [0.25, 0.3) is 66.2 Å². The van der Waals surface area contributed by atoms with E-state index in [0.29, 0.717) is 22.6 Å². The molecule has 0 N–H and O–H groups in total. The van der Waals surface area contributed by atoms with Gasteiger partial charge in [-0.05, 0) is 23.8 Å². The largest absolute Gasteiger partial charge is 0.294 e. The lowest BCUT2D eigenvalue weighted by molar-refractivity contribution is 1.05. The summed E-state index contributed by atoms with van der Waals surface area (Å²) in [7, 11) is 0. The third-order valence-electron chi connectivity index (χ3n) is 7.29. The molecule has 7 rings (SSSR count). The first-order chi connectivity index (χ1) is 20.3. The Balaban J connectivity index is 1.59. The zero-order valence-corrected chi connectivity index (χ0v) is 21.9. The summed E-state index contributed by atoms with van der Waals surface area (Å²) in [5, 5.41) is 12.0. The molecule has 0 saturated heterocycles. The Morgan fingerprint density at radius 1 is 0.683 bits per heavy atom. The Hall–Kier alpha value is -6.04. The molecule has 2 aromatic heterocycles.